The maximum Gasteiger partial charge on any atom is 0.161 e. The van der Waals surface area contributed by atoms with Crippen LogP contribution >= 0.6 is 0 Å². The zero-order chi connectivity index (χ0) is 19.4. The molecule has 5 nitrogen and oxygen atoms in total. The first-order chi connectivity index (χ1) is 13.5. The van der Waals surface area contributed by atoms with Gasteiger partial charge in [-0.05, 0) is 25.3 Å². The van der Waals surface area contributed by atoms with Gasteiger partial charge < -0.3 is 10.5 Å². The Morgan fingerprint density at radius 3 is 2.61 bits per heavy atom. The van der Waals surface area contributed by atoms with Crippen molar-refractivity contribution in [3.8, 4) is 0 Å². The Bertz CT molecular complexity index is 921. The number of hydrogen-bond donors (Lipinski definition) is 1. The molecule has 1 saturated carbocycles. The molecule has 1 saturated heterocycles. The lowest BCUT2D eigenvalue weighted by Crippen LogP contribution is -2.47. The van der Waals surface area contributed by atoms with E-state index in [4.69, 9.17) is 15.5 Å². The quantitative estimate of drug-likeness (QED) is 0.817. The first-order valence-corrected chi connectivity index (χ1v) is 9.60. The van der Waals surface area contributed by atoms with E-state index in [9.17, 15) is 13.2 Å². The van der Waals surface area contributed by atoms with Gasteiger partial charge in [0.1, 0.15) is 17.7 Å². The molecule has 0 spiro atoms. The van der Waals surface area contributed by atoms with Crippen molar-refractivity contribution in [1.82, 2.24) is 14.9 Å². The lowest BCUT2D eigenvalue weighted by Gasteiger charge is -2.38. The van der Waals surface area contributed by atoms with Gasteiger partial charge in [-0.2, -0.15) is 0 Å². The number of aromatic nitrogens is 2. The van der Waals surface area contributed by atoms with Crippen molar-refractivity contribution < 1.29 is 17.9 Å². The molecule has 1 aromatic heterocycles. The highest BCUT2D eigenvalue weighted by molar-refractivity contribution is 5.26. The number of nitrogens with zero attached hydrogens (tertiary/aromatic N) is 3. The van der Waals surface area contributed by atoms with Gasteiger partial charge in [-0.3, -0.25) is 4.90 Å². The van der Waals surface area contributed by atoms with Crippen LogP contribution in [0.3, 0.4) is 0 Å². The van der Waals surface area contributed by atoms with E-state index in [1.54, 1.807) is 0 Å². The van der Waals surface area contributed by atoms with Gasteiger partial charge in [-0.1, -0.05) is 0 Å². The van der Waals surface area contributed by atoms with Crippen LogP contribution in [-0.4, -0.2) is 33.6 Å². The molecule has 0 radical (unpaired) electrons. The zero-order valence-corrected chi connectivity index (χ0v) is 15.2. The van der Waals surface area contributed by atoms with Gasteiger partial charge >= 0.3 is 0 Å². The minimum atomic E-state index is -1.22. The van der Waals surface area contributed by atoms with Gasteiger partial charge in [0.15, 0.2) is 11.6 Å². The van der Waals surface area contributed by atoms with Crippen LogP contribution in [0.2, 0.25) is 0 Å². The van der Waals surface area contributed by atoms with Crippen LogP contribution in [-0.2, 0) is 17.8 Å². The molecule has 1 aliphatic carbocycles. The van der Waals surface area contributed by atoms with Gasteiger partial charge in [0.25, 0.3) is 0 Å². The molecular formula is C20H21F3N4O. The fourth-order valence-corrected chi connectivity index (χ4v) is 4.17. The second kappa shape index (κ2) is 6.79. The first-order valence-electron chi connectivity index (χ1n) is 9.60. The summed E-state index contributed by atoms with van der Waals surface area (Å²) in [6.07, 6.45) is 4.02. The third-order valence-electron chi connectivity index (χ3n) is 5.91. The van der Waals surface area contributed by atoms with Crippen molar-refractivity contribution in [2.45, 2.75) is 56.5 Å². The highest BCUT2D eigenvalue weighted by Crippen LogP contribution is 2.39. The minimum absolute atomic E-state index is 0.0329. The van der Waals surface area contributed by atoms with Gasteiger partial charge in [0, 0.05) is 54.5 Å². The molecule has 0 amide bonds. The number of benzene rings is 1. The van der Waals surface area contributed by atoms with Crippen molar-refractivity contribution >= 4 is 0 Å². The summed E-state index contributed by atoms with van der Waals surface area (Å²) in [6, 6.07) is 0.921. The third-order valence-corrected chi connectivity index (χ3v) is 5.91. The second-order valence-electron chi connectivity index (χ2n) is 7.97. The molecule has 2 aromatic rings. The monoisotopic (exact) mass is 390 g/mol. The van der Waals surface area contributed by atoms with Crippen LogP contribution in [0.25, 0.3) is 0 Å². The van der Waals surface area contributed by atoms with Crippen LogP contribution < -0.4 is 5.73 Å². The number of ether oxygens (including phenoxy) is 1. The number of halogens is 3. The smallest absolute Gasteiger partial charge is 0.161 e. The Balaban J connectivity index is 1.28. The number of hydrogen-bond acceptors (Lipinski definition) is 5. The normalized spacial score (nSPS) is 27.8. The maximum atomic E-state index is 14.1. The highest BCUT2D eigenvalue weighted by Gasteiger charge is 2.37. The molecule has 2 fully saturated rings. The van der Waals surface area contributed by atoms with E-state index in [-0.39, 0.29) is 11.6 Å². The minimum Gasteiger partial charge on any atom is -0.370 e. The fraction of sp³-hybridized carbons (Fsp3) is 0.500. The van der Waals surface area contributed by atoms with E-state index in [0.29, 0.717) is 31.6 Å². The Morgan fingerprint density at radius 1 is 1.07 bits per heavy atom. The predicted molar refractivity (Wildman–Crippen MR) is 94.6 cm³/mol. The summed E-state index contributed by atoms with van der Waals surface area (Å²) in [4.78, 5) is 11.4. The molecule has 148 valence electrons. The van der Waals surface area contributed by atoms with Crippen LogP contribution in [0.15, 0.2) is 18.3 Å². The van der Waals surface area contributed by atoms with E-state index in [2.05, 4.69) is 9.88 Å². The first kappa shape index (κ1) is 18.0. The van der Waals surface area contributed by atoms with Gasteiger partial charge in [0.05, 0.1) is 12.3 Å². The third kappa shape index (κ3) is 3.19. The number of nitrogens with two attached hydrogens (primary N) is 1. The number of rotatable bonds is 3. The van der Waals surface area contributed by atoms with E-state index in [1.165, 1.54) is 0 Å². The molecule has 0 bridgehead atoms. The van der Waals surface area contributed by atoms with Crippen LogP contribution in [0, 0.1) is 17.5 Å². The van der Waals surface area contributed by atoms with Crippen molar-refractivity contribution in [3.63, 3.8) is 0 Å². The van der Waals surface area contributed by atoms with Crippen LogP contribution in [0.1, 0.15) is 53.9 Å². The lowest BCUT2D eigenvalue weighted by atomic mass is 9.93. The Morgan fingerprint density at radius 2 is 1.86 bits per heavy atom. The van der Waals surface area contributed by atoms with Crippen LogP contribution in [0.5, 0.6) is 0 Å². The molecule has 3 aliphatic rings. The molecule has 8 heteroatoms. The Kier molecular flexibility index (Phi) is 4.37. The van der Waals surface area contributed by atoms with E-state index in [0.717, 1.165) is 42.5 Å². The maximum absolute atomic E-state index is 14.1. The molecule has 5 rings (SSSR count). The molecular weight excluding hydrogens is 369 g/mol. The van der Waals surface area contributed by atoms with Gasteiger partial charge in [-0.25, -0.2) is 23.1 Å². The molecule has 1 unspecified atom stereocenters. The summed E-state index contributed by atoms with van der Waals surface area (Å²) in [6.45, 7) is 1.78. The lowest BCUT2D eigenvalue weighted by molar-refractivity contribution is -0.0532. The van der Waals surface area contributed by atoms with Crippen molar-refractivity contribution in [3.05, 3.63) is 58.4 Å². The van der Waals surface area contributed by atoms with Crippen molar-refractivity contribution in [2.75, 3.05) is 6.61 Å². The van der Waals surface area contributed by atoms with Crippen molar-refractivity contribution in [1.29, 1.82) is 0 Å². The summed E-state index contributed by atoms with van der Waals surface area (Å²) in [5.41, 5.74) is 8.38. The Hall–Kier alpha value is -2.03. The zero-order valence-electron chi connectivity index (χ0n) is 15.2. The summed E-state index contributed by atoms with van der Waals surface area (Å²) < 4.78 is 46.7. The molecule has 2 N–H and O–H groups in total. The molecule has 3 heterocycles. The van der Waals surface area contributed by atoms with Crippen LogP contribution in [0.4, 0.5) is 13.2 Å². The van der Waals surface area contributed by atoms with Crippen molar-refractivity contribution in [2.24, 2.45) is 5.73 Å². The number of fused-ring (bicyclic) bond motifs is 1. The molecule has 1 aromatic carbocycles. The molecule has 28 heavy (non-hydrogen) atoms. The Labute approximate surface area is 160 Å². The second-order valence-corrected chi connectivity index (χ2v) is 7.97. The summed E-state index contributed by atoms with van der Waals surface area (Å²) >= 11 is 0. The standard InChI is InChI=1S/C20H21F3N4O/c21-14-5-16(23)15(22)4-13(14)19-17(24)3-12(9-28-19)27-7-11-6-25-20(10-1-2-10)26-18(11)8-27/h4-6,10,12,17,19H,1-3,7-9,24H2/t12-,17+,19?/m1/s1. The van der Waals surface area contributed by atoms with E-state index < -0.39 is 29.6 Å². The van der Waals surface area contributed by atoms with Gasteiger partial charge in [0.2, 0.25) is 0 Å². The van der Waals surface area contributed by atoms with E-state index >= 15 is 0 Å². The molecule has 3 atom stereocenters. The highest BCUT2D eigenvalue weighted by atomic mass is 19.2. The predicted octanol–water partition coefficient (Wildman–Crippen LogP) is 2.94. The van der Waals surface area contributed by atoms with Gasteiger partial charge in [-0.15, -0.1) is 0 Å². The largest absolute Gasteiger partial charge is 0.370 e. The summed E-state index contributed by atoms with van der Waals surface area (Å²) in [5.74, 6) is -1.71. The van der Waals surface area contributed by atoms with E-state index in [1.807, 2.05) is 6.20 Å². The summed E-state index contributed by atoms with van der Waals surface area (Å²) in [5, 5.41) is 0. The topological polar surface area (TPSA) is 64.3 Å². The summed E-state index contributed by atoms with van der Waals surface area (Å²) in [7, 11) is 0. The average Bonchev–Trinajstić information content (AvgIpc) is 3.43. The average molecular weight is 390 g/mol. The molecule has 2 aliphatic heterocycles. The SMILES string of the molecule is N[C@H]1C[C@@H](N2Cc3cnc(C4CC4)nc3C2)COC1c1cc(F)c(F)cc1F. The fourth-order valence-electron chi connectivity index (χ4n) is 4.17.